The third-order valence-corrected chi connectivity index (χ3v) is 6.22. The molecule has 144 valence electrons. The molecule has 1 aliphatic rings. The maximum Gasteiger partial charge on any atom is 0.259 e. The van der Waals surface area contributed by atoms with Crippen molar-refractivity contribution in [2.75, 3.05) is 31.1 Å². The summed E-state index contributed by atoms with van der Waals surface area (Å²) in [6, 6.07) is 9.80. The summed E-state index contributed by atoms with van der Waals surface area (Å²) in [5.74, 6) is 0.940. The van der Waals surface area contributed by atoms with Gasteiger partial charge in [0.15, 0.2) is 4.96 Å². The Kier molecular flexibility index (Phi) is 4.37. The van der Waals surface area contributed by atoms with E-state index in [1.807, 2.05) is 30.5 Å². The Morgan fingerprint density at radius 1 is 1.14 bits per heavy atom. The van der Waals surface area contributed by atoms with Crippen LogP contribution in [0.5, 0.6) is 0 Å². The maximum atomic E-state index is 12.4. The van der Waals surface area contributed by atoms with Crippen molar-refractivity contribution in [1.29, 1.82) is 0 Å². The molecule has 1 N–H and O–H groups in total. The van der Waals surface area contributed by atoms with Crippen molar-refractivity contribution in [3.05, 3.63) is 57.5 Å². The van der Waals surface area contributed by atoms with Crippen molar-refractivity contribution in [3.63, 3.8) is 0 Å². The molecule has 1 aliphatic heterocycles. The fourth-order valence-electron chi connectivity index (χ4n) is 3.84. The number of H-pyrrole nitrogens is 1. The number of thiazole rings is 1. The molecule has 1 fully saturated rings. The number of rotatable bonds is 3. The lowest BCUT2D eigenvalue weighted by Gasteiger charge is -2.21. The van der Waals surface area contributed by atoms with Crippen LogP contribution in [0.3, 0.4) is 0 Å². The lowest BCUT2D eigenvalue weighted by atomic mass is 10.3. The number of aryl methyl sites for hydroxylation is 1. The highest BCUT2D eigenvalue weighted by atomic mass is 32.1. The summed E-state index contributed by atoms with van der Waals surface area (Å²) in [5, 5.41) is 1.98. The van der Waals surface area contributed by atoms with E-state index in [0.29, 0.717) is 6.54 Å². The van der Waals surface area contributed by atoms with Gasteiger partial charge >= 0.3 is 0 Å². The van der Waals surface area contributed by atoms with Gasteiger partial charge in [-0.3, -0.25) is 14.1 Å². The van der Waals surface area contributed by atoms with Crippen molar-refractivity contribution in [2.45, 2.75) is 19.9 Å². The summed E-state index contributed by atoms with van der Waals surface area (Å²) in [7, 11) is 0. The van der Waals surface area contributed by atoms with E-state index < -0.39 is 0 Å². The van der Waals surface area contributed by atoms with E-state index in [9.17, 15) is 4.79 Å². The van der Waals surface area contributed by atoms with E-state index in [1.54, 1.807) is 10.5 Å². The number of nitrogens with one attached hydrogen (secondary N) is 1. The average Bonchev–Trinajstić information content (AvgIpc) is 3.20. The zero-order valence-corrected chi connectivity index (χ0v) is 16.6. The van der Waals surface area contributed by atoms with Crippen LogP contribution < -0.4 is 10.5 Å². The summed E-state index contributed by atoms with van der Waals surface area (Å²) >= 11 is 1.52. The number of benzene rings is 1. The van der Waals surface area contributed by atoms with Gasteiger partial charge in [-0.05, 0) is 25.5 Å². The minimum Gasteiger partial charge on any atom is -0.341 e. The molecule has 1 saturated heterocycles. The van der Waals surface area contributed by atoms with Crippen LogP contribution in [0.25, 0.3) is 16.0 Å². The highest BCUT2D eigenvalue weighted by Crippen LogP contribution is 2.19. The second-order valence-corrected chi connectivity index (χ2v) is 8.11. The third-order valence-electron chi connectivity index (χ3n) is 5.28. The van der Waals surface area contributed by atoms with Gasteiger partial charge in [-0.15, -0.1) is 11.3 Å². The van der Waals surface area contributed by atoms with Crippen LogP contribution in [-0.4, -0.2) is 50.4 Å². The topological polar surface area (TPSA) is 69.5 Å². The van der Waals surface area contributed by atoms with Gasteiger partial charge in [0.05, 0.1) is 16.7 Å². The summed E-state index contributed by atoms with van der Waals surface area (Å²) in [6.45, 7) is 6.42. The largest absolute Gasteiger partial charge is 0.341 e. The highest BCUT2D eigenvalue weighted by molar-refractivity contribution is 7.15. The Morgan fingerprint density at radius 2 is 2.04 bits per heavy atom. The molecule has 0 atom stereocenters. The van der Waals surface area contributed by atoms with E-state index in [0.717, 1.165) is 65.9 Å². The molecule has 0 amide bonds. The first-order chi connectivity index (χ1) is 13.7. The quantitative estimate of drug-likeness (QED) is 0.579. The number of imidazole rings is 1. The van der Waals surface area contributed by atoms with E-state index in [4.69, 9.17) is 9.97 Å². The monoisotopic (exact) mass is 394 g/mol. The molecule has 0 saturated carbocycles. The predicted octanol–water partition coefficient (Wildman–Crippen LogP) is 2.65. The van der Waals surface area contributed by atoms with Gasteiger partial charge < -0.3 is 9.88 Å². The average molecular weight is 395 g/mol. The molecule has 4 aromatic rings. The molecular formula is C20H22N6OS. The van der Waals surface area contributed by atoms with Crippen LogP contribution >= 0.6 is 11.3 Å². The zero-order chi connectivity index (χ0) is 19.1. The number of anilines is 1. The van der Waals surface area contributed by atoms with Gasteiger partial charge in [0.1, 0.15) is 0 Å². The molecule has 28 heavy (non-hydrogen) atoms. The van der Waals surface area contributed by atoms with E-state index in [2.05, 4.69) is 20.9 Å². The minimum absolute atomic E-state index is 0.0116. The first-order valence-electron chi connectivity index (χ1n) is 9.56. The number of nitrogens with zero attached hydrogens (tertiary/aromatic N) is 5. The van der Waals surface area contributed by atoms with E-state index in [-0.39, 0.29) is 5.56 Å². The maximum absolute atomic E-state index is 12.4. The SMILES string of the molecule is Cc1csc2nc(CN3CCCN(c4nc5ccccc5[nH]4)CC3)cc(=O)n12. The Bertz CT molecular complexity index is 1160. The van der Waals surface area contributed by atoms with E-state index in [1.165, 1.54) is 11.3 Å². The molecule has 5 rings (SSSR count). The van der Waals surface area contributed by atoms with Crippen LogP contribution in [-0.2, 0) is 6.54 Å². The highest BCUT2D eigenvalue weighted by Gasteiger charge is 2.18. The van der Waals surface area contributed by atoms with Crippen molar-refractivity contribution in [2.24, 2.45) is 0 Å². The van der Waals surface area contributed by atoms with Crippen LogP contribution in [0.1, 0.15) is 17.8 Å². The molecule has 0 aliphatic carbocycles. The number of hydrogen-bond donors (Lipinski definition) is 1. The molecule has 8 heteroatoms. The Hall–Kier alpha value is -2.71. The number of hydrogen-bond acceptors (Lipinski definition) is 6. The molecule has 0 spiro atoms. The molecule has 0 radical (unpaired) electrons. The summed E-state index contributed by atoms with van der Waals surface area (Å²) < 4.78 is 1.68. The normalized spacial score (nSPS) is 16.1. The third kappa shape index (κ3) is 3.18. The van der Waals surface area contributed by atoms with Crippen molar-refractivity contribution in [1.82, 2.24) is 24.3 Å². The second kappa shape index (κ2) is 7.03. The van der Waals surface area contributed by atoms with Gasteiger partial charge in [0.2, 0.25) is 5.95 Å². The molecule has 4 heterocycles. The van der Waals surface area contributed by atoms with Gasteiger partial charge in [-0.25, -0.2) is 9.97 Å². The summed E-state index contributed by atoms with van der Waals surface area (Å²) in [6.07, 6.45) is 1.05. The minimum atomic E-state index is 0.0116. The van der Waals surface area contributed by atoms with Crippen LogP contribution in [0.4, 0.5) is 5.95 Å². The molecule has 7 nitrogen and oxygen atoms in total. The first kappa shape index (κ1) is 17.4. The Balaban J connectivity index is 1.31. The van der Waals surface area contributed by atoms with Crippen molar-refractivity contribution in [3.8, 4) is 0 Å². The molecular weight excluding hydrogens is 372 g/mol. The Morgan fingerprint density at radius 3 is 2.93 bits per heavy atom. The summed E-state index contributed by atoms with van der Waals surface area (Å²) in [4.78, 5) is 30.7. The fraction of sp³-hybridized carbons (Fsp3) is 0.350. The van der Waals surface area contributed by atoms with Gasteiger partial charge in [-0.2, -0.15) is 0 Å². The van der Waals surface area contributed by atoms with Crippen LogP contribution in [0, 0.1) is 6.92 Å². The number of aromatic nitrogens is 4. The second-order valence-electron chi connectivity index (χ2n) is 7.28. The zero-order valence-electron chi connectivity index (χ0n) is 15.8. The fourth-order valence-corrected chi connectivity index (χ4v) is 4.73. The number of aromatic amines is 1. The van der Waals surface area contributed by atoms with Crippen LogP contribution in [0.15, 0.2) is 40.5 Å². The lowest BCUT2D eigenvalue weighted by molar-refractivity contribution is 0.282. The number of fused-ring (bicyclic) bond motifs is 2. The Labute approximate surface area is 166 Å². The van der Waals surface area contributed by atoms with Crippen molar-refractivity contribution >= 4 is 33.3 Å². The van der Waals surface area contributed by atoms with Crippen molar-refractivity contribution < 1.29 is 0 Å². The van der Waals surface area contributed by atoms with Gasteiger partial charge in [0, 0.05) is 49.9 Å². The smallest absolute Gasteiger partial charge is 0.259 e. The molecule has 0 unspecified atom stereocenters. The molecule has 1 aromatic carbocycles. The first-order valence-corrected chi connectivity index (χ1v) is 10.4. The predicted molar refractivity (Wildman–Crippen MR) is 112 cm³/mol. The van der Waals surface area contributed by atoms with Crippen LogP contribution in [0.2, 0.25) is 0 Å². The van der Waals surface area contributed by atoms with Gasteiger partial charge in [0.25, 0.3) is 5.56 Å². The summed E-state index contributed by atoms with van der Waals surface area (Å²) in [5.41, 5.74) is 3.88. The molecule has 0 bridgehead atoms. The van der Waals surface area contributed by atoms with E-state index >= 15 is 0 Å². The molecule has 3 aromatic heterocycles. The van der Waals surface area contributed by atoms with Gasteiger partial charge in [-0.1, -0.05) is 12.1 Å². The lowest BCUT2D eigenvalue weighted by Crippen LogP contribution is -2.31. The standard InChI is InChI=1S/C20H22N6OS/c1-14-13-28-20-21-15(11-18(27)26(14)20)12-24-7-4-8-25(10-9-24)19-22-16-5-2-3-6-17(16)23-19/h2-3,5-6,11,13H,4,7-10,12H2,1H3,(H,22,23). The number of para-hydroxylation sites is 2.